The molecule has 0 bridgehead atoms. The topological polar surface area (TPSA) is 108 Å². The predicted molar refractivity (Wildman–Crippen MR) is 106 cm³/mol. The van der Waals surface area contributed by atoms with Gasteiger partial charge in [0.1, 0.15) is 17.2 Å². The zero-order valence-corrected chi connectivity index (χ0v) is 15.3. The highest BCUT2D eigenvalue weighted by molar-refractivity contribution is 6.09. The molecule has 0 saturated heterocycles. The van der Waals surface area contributed by atoms with E-state index in [-0.39, 0.29) is 11.7 Å². The van der Waals surface area contributed by atoms with Gasteiger partial charge in [-0.15, -0.1) is 0 Å². The number of pyridine rings is 1. The summed E-state index contributed by atoms with van der Waals surface area (Å²) in [5, 5.41) is 11.3. The summed E-state index contributed by atoms with van der Waals surface area (Å²) in [6, 6.07) is 11.7. The number of carbonyl (C=O) groups excluding carboxylic acids is 1. The lowest BCUT2D eigenvalue weighted by atomic mass is 10.0. The van der Waals surface area contributed by atoms with E-state index in [2.05, 4.69) is 15.3 Å². The van der Waals surface area contributed by atoms with Crippen molar-refractivity contribution in [2.24, 2.45) is 5.73 Å². The van der Waals surface area contributed by atoms with Gasteiger partial charge in [0.2, 0.25) is 0 Å². The Morgan fingerprint density at radius 2 is 2.11 bits per heavy atom. The zero-order chi connectivity index (χ0) is 19.9. The molecule has 1 fully saturated rings. The molecule has 1 aliphatic rings. The normalized spacial score (nSPS) is 15.8. The number of benzene rings is 1. The summed E-state index contributed by atoms with van der Waals surface area (Å²) in [7, 11) is 0. The summed E-state index contributed by atoms with van der Waals surface area (Å²) in [4.78, 5) is 20.3. The van der Waals surface area contributed by atoms with Crippen LogP contribution in [0.2, 0.25) is 0 Å². The number of fused-ring (bicyclic) bond motifs is 1. The molecular weight excluding hydrogens is 357 g/mol. The molecule has 2 aromatic heterocycles. The number of nitrogens with one attached hydrogen (secondary N) is 3. The molecule has 1 amide bonds. The van der Waals surface area contributed by atoms with Crippen molar-refractivity contribution in [1.82, 2.24) is 15.3 Å². The fourth-order valence-electron chi connectivity index (χ4n) is 3.35. The van der Waals surface area contributed by atoms with E-state index in [1.807, 2.05) is 12.1 Å². The summed E-state index contributed by atoms with van der Waals surface area (Å²) in [5.41, 5.74) is 8.59. The number of halogens is 1. The van der Waals surface area contributed by atoms with Gasteiger partial charge >= 0.3 is 0 Å². The first-order chi connectivity index (χ1) is 13.4. The maximum absolute atomic E-state index is 13.6. The minimum atomic E-state index is -0.512. The first kappa shape index (κ1) is 17.9. The minimum Gasteiger partial charge on any atom is -0.402 e. The zero-order valence-electron chi connectivity index (χ0n) is 15.3. The number of aromatic nitrogens is 2. The molecule has 1 aromatic carbocycles. The summed E-state index contributed by atoms with van der Waals surface area (Å²) in [5.74, 6) is -0.579. The Kier molecular flexibility index (Phi) is 4.22. The Labute approximate surface area is 161 Å². The smallest absolute Gasteiger partial charge is 0.268 e. The van der Waals surface area contributed by atoms with Crippen LogP contribution in [0.1, 0.15) is 41.5 Å². The number of amides is 1. The molecule has 2 heterocycles. The number of aromatic amines is 1. The molecule has 5 N–H and O–H groups in total. The molecule has 7 heteroatoms. The lowest BCUT2D eigenvalue weighted by Crippen LogP contribution is -2.35. The number of nitrogens with zero attached hydrogens (tertiary/aromatic N) is 1. The van der Waals surface area contributed by atoms with Crippen molar-refractivity contribution in [1.29, 1.82) is 5.41 Å². The SMILES string of the molecule is C/C(N)=C(/C=N)c1ccc2cc(C(=O)NC3(c4cccc(F)c4)CC3)[nH]c2n1. The van der Waals surface area contributed by atoms with Gasteiger partial charge in [0.15, 0.2) is 0 Å². The van der Waals surface area contributed by atoms with Gasteiger partial charge in [-0.25, -0.2) is 9.37 Å². The number of H-pyrrole nitrogens is 1. The minimum absolute atomic E-state index is 0.265. The molecule has 0 aliphatic heterocycles. The second-order valence-corrected chi connectivity index (χ2v) is 7.10. The van der Waals surface area contributed by atoms with Crippen LogP contribution in [-0.4, -0.2) is 22.1 Å². The van der Waals surface area contributed by atoms with Gasteiger partial charge in [-0.05, 0) is 55.7 Å². The first-order valence-corrected chi connectivity index (χ1v) is 8.97. The van der Waals surface area contributed by atoms with E-state index in [0.29, 0.717) is 28.3 Å². The van der Waals surface area contributed by atoms with E-state index in [4.69, 9.17) is 11.1 Å². The maximum atomic E-state index is 13.6. The van der Waals surface area contributed by atoms with Gasteiger partial charge < -0.3 is 21.4 Å². The van der Waals surface area contributed by atoms with E-state index >= 15 is 0 Å². The van der Waals surface area contributed by atoms with Crippen LogP contribution >= 0.6 is 0 Å². The Bertz CT molecular complexity index is 1120. The molecule has 0 unspecified atom stereocenters. The summed E-state index contributed by atoms with van der Waals surface area (Å²) >= 11 is 0. The first-order valence-electron chi connectivity index (χ1n) is 8.97. The molecule has 0 atom stereocenters. The van der Waals surface area contributed by atoms with Crippen molar-refractivity contribution >= 4 is 28.7 Å². The molecule has 3 aromatic rings. The number of carbonyl (C=O) groups is 1. The Hall–Kier alpha value is -3.48. The van der Waals surface area contributed by atoms with Crippen molar-refractivity contribution in [3.8, 4) is 0 Å². The molecule has 1 saturated carbocycles. The maximum Gasteiger partial charge on any atom is 0.268 e. The third kappa shape index (κ3) is 3.15. The van der Waals surface area contributed by atoms with Gasteiger partial charge in [0, 0.05) is 22.9 Å². The van der Waals surface area contributed by atoms with Gasteiger partial charge in [-0.3, -0.25) is 4.79 Å². The van der Waals surface area contributed by atoms with Gasteiger partial charge in [-0.1, -0.05) is 12.1 Å². The average Bonchev–Trinajstić information content (AvgIpc) is 3.31. The number of nitrogens with two attached hydrogens (primary N) is 1. The van der Waals surface area contributed by atoms with Crippen molar-refractivity contribution in [2.45, 2.75) is 25.3 Å². The monoisotopic (exact) mass is 377 g/mol. The number of rotatable bonds is 5. The van der Waals surface area contributed by atoms with Crippen LogP contribution in [0.25, 0.3) is 16.6 Å². The largest absolute Gasteiger partial charge is 0.402 e. The van der Waals surface area contributed by atoms with Crippen molar-refractivity contribution in [3.63, 3.8) is 0 Å². The van der Waals surface area contributed by atoms with Crippen LogP contribution in [0.4, 0.5) is 4.39 Å². The van der Waals surface area contributed by atoms with Crippen LogP contribution in [-0.2, 0) is 5.54 Å². The van der Waals surface area contributed by atoms with E-state index in [1.54, 1.807) is 25.1 Å². The fraction of sp³-hybridized carbons (Fsp3) is 0.190. The lowest BCUT2D eigenvalue weighted by molar-refractivity contribution is 0.0926. The van der Waals surface area contributed by atoms with Gasteiger partial charge in [0.05, 0.1) is 11.2 Å². The van der Waals surface area contributed by atoms with Crippen LogP contribution < -0.4 is 11.1 Å². The summed E-state index contributed by atoms with van der Waals surface area (Å²) < 4.78 is 13.6. The highest BCUT2D eigenvalue weighted by Crippen LogP contribution is 2.45. The van der Waals surface area contributed by atoms with Crippen LogP contribution in [0.5, 0.6) is 0 Å². The second-order valence-electron chi connectivity index (χ2n) is 7.10. The van der Waals surface area contributed by atoms with Crippen molar-refractivity contribution in [2.75, 3.05) is 0 Å². The van der Waals surface area contributed by atoms with Crippen LogP contribution in [0.15, 0.2) is 48.2 Å². The number of hydrogen-bond acceptors (Lipinski definition) is 4. The van der Waals surface area contributed by atoms with Crippen LogP contribution in [0.3, 0.4) is 0 Å². The molecule has 4 rings (SSSR count). The fourth-order valence-corrected chi connectivity index (χ4v) is 3.35. The third-order valence-corrected chi connectivity index (χ3v) is 5.05. The Morgan fingerprint density at radius 3 is 2.75 bits per heavy atom. The van der Waals surface area contributed by atoms with E-state index in [9.17, 15) is 9.18 Å². The molecule has 28 heavy (non-hydrogen) atoms. The van der Waals surface area contributed by atoms with Crippen molar-refractivity contribution in [3.05, 3.63) is 70.9 Å². The number of hydrogen-bond donors (Lipinski definition) is 4. The lowest BCUT2D eigenvalue weighted by Gasteiger charge is -2.17. The molecule has 142 valence electrons. The van der Waals surface area contributed by atoms with E-state index < -0.39 is 5.54 Å². The van der Waals surface area contributed by atoms with Crippen molar-refractivity contribution < 1.29 is 9.18 Å². The van der Waals surface area contributed by atoms with E-state index in [1.165, 1.54) is 12.1 Å². The highest BCUT2D eigenvalue weighted by Gasteiger charge is 2.46. The third-order valence-electron chi connectivity index (χ3n) is 5.05. The Balaban J connectivity index is 1.62. The average molecular weight is 377 g/mol. The Morgan fingerprint density at radius 1 is 1.32 bits per heavy atom. The standard InChI is InChI=1S/C21H20FN5O/c1-12(24)16(11-23)17-6-5-13-9-18(26-19(13)25-17)20(28)27-21(7-8-21)14-3-2-4-15(22)10-14/h2-6,9-11,23H,7-8,24H2,1H3,(H,25,26)(H,27,28)/b16-12+,23-11?. The molecule has 6 nitrogen and oxygen atoms in total. The van der Waals surface area contributed by atoms with Crippen LogP contribution in [0, 0.1) is 11.2 Å². The molecular formula is C21H20FN5O. The highest BCUT2D eigenvalue weighted by atomic mass is 19.1. The van der Waals surface area contributed by atoms with Gasteiger partial charge in [0.25, 0.3) is 5.91 Å². The molecule has 1 aliphatic carbocycles. The van der Waals surface area contributed by atoms with Gasteiger partial charge in [-0.2, -0.15) is 0 Å². The molecule has 0 spiro atoms. The summed E-state index contributed by atoms with van der Waals surface area (Å²) in [6.07, 6.45) is 2.71. The second kappa shape index (κ2) is 6.60. The quantitative estimate of drug-likeness (QED) is 0.511. The summed E-state index contributed by atoms with van der Waals surface area (Å²) in [6.45, 7) is 1.71. The van der Waals surface area contributed by atoms with E-state index in [0.717, 1.165) is 30.0 Å². The number of allylic oxidation sites excluding steroid dienone is 2. The molecule has 0 radical (unpaired) electrons. The predicted octanol–water partition coefficient (Wildman–Crippen LogP) is 3.46.